The maximum atomic E-state index is 13.1. The molecular weight excluding hydrogens is 546 g/mol. The summed E-state index contributed by atoms with van der Waals surface area (Å²) in [6.07, 6.45) is 6.70. The number of piperidine rings is 2. The minimum Gasteiger partial charge on any atom is -0.488 e. The van der Waals surface area contributed by atoms with Crippen molar-refractivity contribution in [3.63, 3.8) is 0 Å². The van der Waals surface area contributed by atoms with Crippen LogP contribution in [-0.4, -0.2) is 60.5 Å². The van der Waals surface area contributed by atoms with Crippen molar-refractivity contribution in [2.24, 2.45) is 17.8 Å². The molecule has 6 rings (SSSR count). The number of aromatic nitrogens is 1. The molecule has 0 spiro atoms. The van der Waals surface area contributed by atoms with Crippen molar-refractivity contribution in [2.75, 3.05) is 44.5 Å². The number of carbonyl (C=O) groups excluding carboxylic acids is 1. The number of aliphatic hydroxyl groups excluding tert-OH is 1. The normalized spacial score (nSPS) is 22.0. The van der Waals surface area contributed by atoms with E-state index in [1.165, 1.54) is 24.8 Å². The van der Waals surface area contributed by atoms with E-state index in [1.54, 1.807) is 11.3 Å². The molecule has 2 saturated heterocycles. The monoisotopic (exact) mass is 589 g/mol. The van der Waals surface area contributed by atoms with Gasteiger partial charge in [-0.05, 0) is 98.6 Å². The molecule has 42 heavy (non-hydrogen) atoms. The maximum Gasteiger partial charge on any atom is 0.253 e. The highest BCUT2D eigenvalue weighted by molar-refractivity contribution is 7.14. The van der Waals surface area contributed by atoms with Crippen molar-refractivity contribution < 1.29 is 19.4 Å². The molecule has 1 amide bonds. The number of hydrogen-bond acceptors (Lipinski definition) is 7. The van der Waals surface area contributed by atoms with Gasteiger partial charge in [-0.3, -0.25) is 4.79 Å². The summed E-state index contributed by atoms with van der Waals surface area (Å²) in [6, 6.07) is 12.4. The van der Waals surface area contributed by atoms with Gasteiger partial charge < -0.3 is 24.4 Å². The number of aliphatic hydroxyl groups is 1. The summed E-state index contributed by atoms with van der Waals surface area (Å²) >= 11 is 1.70. The van der Waals surface area contributed by atoms with Gasteiger partial charge in [0.2, 0.25) is 0 Å². The molecule has 3 atom stereocenters. The van der Waals surface area contributed by atoms with Crippen molar-refractivity contribution in [3.8, 4) is 17.0 Å². The second kappa shape index (κ2) is 13.1. The molecule has 2 bridgehead atoms. The Kier molecular flexibility index (Phi) is 9.12. The molecule has 224 valence electrons. The van der Waals surface area contributed by atoms with Gasteiger partial charge in [0.05, 0.1) is 12.3 Å². The van der Waals surface area contributed by atoms with Crippen LogP contribution in [0, 0.1) is 24.7 Å². The fourth-order valence-electron chi connectivity index (χ4n) is 7.12. The number of amides is 1. The molecule has 3 heterocycles. The van der Waals surface area contributed by atoms with Crippen LogP contribution in [0.1, 0.15) is 66.1 Å². The van der Waals surface area contributed by atoms with Crippen molar-refractivity contribution in [1.82, 2.24) is 9.88 Å². The lowest BCUT2D eigenvalue weighted by Gasteiger charge is -2.37. The maximum absolute atomic E-state index is 13.1. The van der Waals surface area contributed by atoms with Crippen molar-refractivity contribution in [1.29, 1.82) is 0 Å². The number of benzene rings is 2. The summed E-state index contributed by atoms with van der Waals surface area (Å²) in [5.41, 5.74) is 6.18. The lowest BCUT2D eigenvalue weighted by molar-refractivity contribution is -0.0315. The standard InChI is InChI=1S/C34H43N3O4S/c1-3-24-16-25(33(39)36-13-5-4-6-14-36)8-11-28(24)19-41-32-12-7-23(2)15-29(32)31-21-42-34(35-31)37-17-26-9-10-27(18-37)30(26)20-40-22-38/h7-8,11-12,15-16,21,26-27,30,38H,3-6,9-10,13-14,17-20,22H2,1-2H3/t26-,27+,30?. The number of likely N-dealkylation sites (tertiary alicyclic amines) is 1. The molecule has 1 unspecified atom stereocenters. The van der Waals surface area contributed by atoms with Crippen LogP contribution >= 0.6 is 11.3 Å². The molecule has 3 fully saturated rings. The fraction of sp³-hybridized carbons (Fsp3) is 0.529. The van der Waals surface area contributed by atoms with Crippen molar-refractivity contribution in [3.05, 3.63) is 64.0 Å². The summed E-state index contributed by atoms with van der Waals surface area (Å²) in [6.45, 7) is 8.86. The summed E-state index contributed by atoms with van der Waals surface area (Å²) in [5.74, 6) is 2.69. The predicted octanol–water partition coefficient (Wildman–Crippen LogP) is 6.31. The zero-order valence-corrected chi connectivity index (χ0v) is 25.7. The molecule has 1 saturated carbocycles. The smallest absolute Gasteiger partial charge is 0.253 e. The number of thiazole rings is 1. The second-order valence-corrected chi connectivity index (χ2v) is 13.0. The van der Waals surface area contributed by atoms with E-state index < -0.39 is 0 Å². The molecule has 7 nitrogen and oxygen atoms in total. The number of fused-ring (bicyclic) bond motifs is 2. The highest BCUT2D eigenvalue weighted by atomic mass is 32.1. The van der Waals surface area contributed by atoms with Crippen molar-refractivity contribution in [2.45, 2.75) is 59.0 Å². The molecular formula is C34H43N3O4S. The average molecular weight is 590 g/mol. The van der Waals surface area contributed by atoms with Crippen LogP contribution in [0.15, 0.2) is 41.8 Å². The molecule has 3 aromatic rings. The number of carbonyl (C=O) groups is 1. The molecule has 2 aromatic carbocycles. The quantitative estimate of drug-likeness (QED) is 0.279. The van der Waals surface area contributed by atoms with Gasteiger partial charge in [0.1, 0.15) is 19.1 Å². The Balaban J connectivity index is 1.16. The first kappa shape index (κ1) is 29.1. The van der Waals surface area contributed by atoms with Crippen LogP contribution in [0.2, 0.25) is 0 Å². The number of aryl methyl sites for hydroxylation is 2. The SMILES string of the molecule is CCc1cc(C(=O)N2CCCCC2)ccc1COc1ccc(C)cc1-c1csc(N2C[C@H]3CC[C@@H](C2)C3COCO)n1. The van der Waals surface area contributed by atoms with E-state index in [0.29, 0.717) is 31.0 Å². The van der Waals surface area contributed by atoms with Crippen LogP contribution in [0.4, 0.5) is 5.13 Å². The number of anilines is 1. The molecule has 8 heteroatoms. The Morgan fingerprint density at radius 2 is 1.83 bits per heavy atom. The highest BCUT2D eigenvalue weighted by Crippen LogP contribution is 2.44. The van der Waals surface area contributed by atoms with E-state index in [4.69, 9.17) is 19.6 Å². The predicted molar refractivity (Wildman–Crippen MR) is 167 cm³/mol. The van der Waals surface area contributed by atoms with Crippen LogP contribution in [-0.2, 0) is 17.8 Å². The van der Waals surface area contributed by atoms with Crippen LogP contribution in [0.5, 0.6) is 5.75 Å². The fourth-order valence-corrected chi connectivity index (χ4v) is 7.97. The first-order valence-electron chi connectivity index (χ1n) is 15.6. The Bertz CT molecular complexity index is 1370. The van der Waals surface area contributed by atoms with Gasteiger partial charge in [-0.2, -0.15) is 0 Å². The van der Waals surface area contributed by atoms with Crippen LogP contribution < -0.4 is 9.64 Å². The van der Waals surface area contributed by atoms with Crippen LogP contribution in [0.3, 0.4) is 0 Å². The molecule has 1 aromatic heterocycles. The number of hydrogen-bond donors (Lipinski definition) is 1. The zero-order chi connectivity index (χ0) is 29.1. The Morgan fingerprint density at radius 1 is 1.05 bits per heavy atom. The molecule has 1 aliphatic carbocycles. The first-order valence-corrected chi connectivity index (χ1v) is 16.5. The van der Waals surface area contributed by atoms with Gasteiger partial charge in [-0.25, -0.2) is 4.98 Å². The summed E-state index contributed by atoms with van der Waals surface area (Å²) < 4.78 is 11.8. The number of nitrogens with zero attached hydrogens (tertiary/aromatic N) is 3. The summed E-state index contributed by atoms with van der Waals surface area (Å²) in [5, 5.41) is 12.3. The van der Waals surface area contributed by atoms with E-state index >= 15 is 0 Å². The third-order valence-corrected chi connectivity index (χ3v) is 10.4. The molecule has 1 N–H and O–H groups in total. The zero-order valence-electron chi connectivity index (χ0n) is 24.9. The first-order chi connectivity index (χ1) is 20.5. The Hall–Kier alpha value is -2.94. The lowest BCUT2D eigenvalue weighted by Crippen LogP contribution is -2.43. The highest BCUT2D eigenvalue weighted by Gasteiger charge is 2.42. The lowest BCUT2D eigenvalue weighted by atomic mass is 9.86. The molecule has 2 aliphatic heterocycles. The summed E-state index contributed by atoms with van der Waals surface area (Å²) in [7, 11) is 0. The summed E-state index contributed by atoms with van der Waals surface area (Å²) in [4.78, 5) is 22.6. The van der Waals surface area contributed by atoms with E-state index in [1.807, 2.05) is 11.0 Å². The van der Waals surface area contributed by atoms with Gasteiger partial charge in [0, 0.05) is 42.7 Å². The number of ether oxygens (including phenoxy) is 2. The topological polar surface area (TPSA) is 75.1 Å². The van der Waals surface area contributed by atoms with E-state index in [0.717, 1.165) is 84.3 Å². The average Bonchev–Trinajstić information content (AvgIpc) is 3.60. The van der Waals surface area contributed by atoms with Gasteiger partial charge in [-0.15, -0.1) is 11.3 Å². The Morgan fingerprint density at radius 3 is 2.57 bits per heavy atom. The van der Waals surface area contributed by atoms with Gasteiger partial charge in [0.15, 0.2) is 5.13 Å². The third kappa shape index (κ3) is 6.21. The Labute approximate surface area is 253 Å². The molecule has 0 radical (unpaired) electrons. The van der Waals surface area contributed by atoms with E-state index in [9.17, 15) is 4.79 Å². The van der Waals surface area contributed by atoms with Gasteiger partial charge >= 0.3 is 0 Å². The van der Waals surface area contributed by atoms with Gasteiger partial charge in [0.25, 0.3) is 5.91 Å². The van der Waals surface area contributed by atoms with Gasteiger partial charge in [-0.1, -0.05) is 24.6 Å². The van der Waals surface area contributed by atoms with Crippen molar-refractivity contribution >= 4 is 22.4 Å². The number of rotatable bonds is 10. The largest absolute Gasteiger partial charge is 0.488 e. The second-order valence-electron chi connectivity index (χ2n) is 12.2. The minimum atomic E-state index is -0.195. The van der Waals surface area contributed by atoms with E-state index in [-0.39, 0.29) is 12.7 Å². The van der Waals surface area contributed by atoms with E-state index in [2.05, 4.69) is 54.5 Å². The minimum absolute atomic E-state index is 0.146. The third-order valence-electron chi connectivity index (χ3n) is 9.46. The molecule has 3 aliphatic rings. The van der Waals surface area contributed by atoms with Crippen LogP contribution in [0.25, 0.3) is 11.3 Å².